The number of benzene rings is 3. The molecule has 3 aromatic carbocycles. The zero-order chi connectivity index (χ0) is 20.3. The molecule has 3 heteroatoms. The van der Waals surface area contributed by atoms with Crippen LogP contribution in [0.2, 0.25) is 0 Å². The van der Waals surface area contributed by atoms with Crippen LogP contribution in [-0.4, -0.2) is 9.55 Å². The van der Waals surface area contributed by atoms with E-state index >= 15 is 0 Å². The minimum atomic E-state index is 0.771. The molecule has 1 aliphatic rings. The van der Waals surface area contributed by atoms with Gasteiger partial charge in [-0.05, 0) is 16.7 Å². The molecule has 1 aliphatic heterocycles. The van der Waals surface area contributed by atoms with Crippen molar-refractivity contribution in [3.05, 3.63) is 124 Å². The van der Waals surface area contributed by atoms with E-state index in [2.05, 4.69) is 95.5 Å². The SMILES string of the molecule is C=c1c(Cc2ccccc2)nc2n1C=C(c1ccccc1)NC=2Cc1ccccc1. The van der Waals surface area contributed by atoms with Crippen molar-refractivity contribution in [2.24, 2.45) is 0 Å². The number of hydrogen-bond donors (Lipinski definition) is 1. The molecular formula is C27H23N3. The van der Waals surface area contributed by atoms with Gasteiger partial charge in [0.15, 0.2) is 5.48 Å². The fourth-order valence-corrected chi connectivity index (χ4v) is 3.86. The summed E-state index contributed by atoms with van der Waals surface area (Å²) in [6.07, 6.45) is 3.67. The highest BCUT2D eigenvalue weighted by Gasteiger charge is 2.17. The van der Waals surface area contributed by atoms with Crippen LogP contribution in [0.5, 0.6) is 0 Å². The van der Waals surface area contributed by atoms with Crippen molar-refractivity contribution in [3.8, 4) is 0 Å². The number of imidazole rings is 1. The van der Waals surface area contributed by atoms with Gasteiger partial charge in [-0.1, -0.05) is 97.6 Å². The number of fused-ring (bicyclic) bond motifs is 1. The lowest BCUT2D eigenvalue weighted by Gasteiger charge is -2.19. The molecule has 1 N–H and O–H groups in total. The van der Waals surface area contributed by atoms with Gasteiger partial charge < -0.3 is 5.32 Å². The Morgan fingerprint density at radius 1 is 0.733 bits per heavy atom. The molecule has 146 valence electrons. The average molecular weight is 390 g/mol. The molecule has 3 nitrogen and oxygen atoms in total. The lowest BCUT2D eigenvalue weighted by Crippen LogP contribution is -2.35. The first kappa shape index (κ1) is 18.2. The summed E-state index contributed by atoms with van der Waals surface area (Å²) in [5, 5.41) is 4.58. The number of rotatable bonds is 5. The molecule has 30 heavy (non-hydrogen) atoms. The van der Waals surface area contributed by atoms with E-state index in [-0.39, 0.29) is 0 Å². The van der Waals surface area contributed by atoms with Crippen molar-refractivity contribution in [1.29, 1.82) is 0 Å². The average Bonchev–Trinajstić information content (AvgIpc) is 3.11. The number of aromatic nitrogens is 2. The van der Waals surface area contributed by atoms with Crippen LogP contribution in [0.3, 0.4) is 0 Å². The van der Waals surface area contributed by atoms with Crippen molar-refractivity contribution >= 4 is 24.2 Å². The Morgan fingerprint density at radius 3 is 1.93 bits per heavy atom. The third kappa shape index (κ3) is 3.58. The normalized spacial score (nSPS) is 12.8. The zero-order valence-corrected chi connectivity index (χ0v) is 16.8. The summed E-state index contributed by atoms with van der Waals surface area (Å²) in [7, 11) is 0. The highest BCUT2D eigenvalue weighted by atomic mass is 15.1. The molecule has 0 fully saturated rings. The standard InChI is InChI=1S/C27H23N3/c1-20-24(17-21-11-5-2-6-12-21)29-27-25(18-22-13-7-3-8-14-22)28-26(19-30(20)27)23-15-9-4-10-16-23/h2-16,19,28H,1,17-18H2. The second-order valence-corrected chi connectivity index (χ2v) is 7.54. The van der Waals surface area contributed by atoms with E-state index in [0.29, 0.717) is 0 Å². The monoisotopic (exact) mass is 389 g/mol. The van der Waals surface area contributed by atoms with Crippen LogP contribution in [0.1, 0.15) is 22.4 Å². The number of nitrogens with one attached hydrogen (secondary N) is 1. The topological polar surface area (TPSA) is 29.9 Å². The van der Waals surface area contributed by atoms with Gasteiger partial charge in [0, 0.05) is 19.0 Å². The second kappa shape index (κ2) is 7.88. The van der Waals surface area contributed by atoms with Crippen LogP contribution in [-0.2, 0) is 12.8 Å². The predicted octanol–water partition coefficient (Wildman–Crippen LogP) is 3.79. The Morgan fingerprint density at radius 2 is 1.30 bits per heavy atom. The summed E-state index contributed by atoms with van der Waals surface area (Å²) >= 11 is 0. The Balaban J connectivity index is 1.62. The first-order chi connectivity index (χ1) is 14.8. The Kier molecular flexibility index (Phi) is 4.78. The highest BCUT2D eigenvalue weighted by molar-refractivity contribution is 5.80. The Labute approximate surface area is 176 Å². The molecule has 0 bridgehead atoms. The molecule has 0 spiro atoms. The zero-order valence-electron chi connectivity index (χ0n) is 16.8. The molecule has 0 saturated carbocycles. The molecule has 0 atom stereocenters. The molecule has 1 aromatic heterocycles. The van der Waals surface area contributed by atoms with Crippen molar-refractivity contribution < 1.29 is 0 Å². The first-order valence-corrected chi connectivity index (χ1v) is 10.2. The van der Waals surface area contributed by atoms with E-state index < -0.39 is 0 Å². The van der Waals surface area contributed by atoms with Crippen LogP contribution < -0.4 is 16.1 Å². The third-order valence-electron chi connectivity index (χ3n) is 5.43. The summed E-state index contributed by atoms with van der Waals surface area (Å²) in [6.45, 7) is 4.37. The van der Waals surface area contributed by atoms with Gasteiger partial charge in [0.05, 0.1) is 22.4 Å². The molecule has 0 radical (unpaired) electrons. The fraction of sp³-hybridized carbons (Fsp3) is 0.0741. The summed E-state index contributed by atoms with van der Waals surface area (Å²) < 4.78 is 2.13. The van der Waals surface area contributed by atoms with Crippen LogP contribution in [0.25, 0.3) is 24.2 Å². The molecule has 0 aliphatic carbocycles. The van der Waals surface area contributed by atoms with Crippen LogP contribution in [0, 0.1) is 0 Å². The van der Waals surface area contributed by atoms with Crippen LogP contribution >= 0.6 is 0 Å². The quantitative estimate of drug-likeness (QED) is 0.563. The van der Waals surface area contributed by atoms with Gasteiger partial charge in [-0.15, -0.1) is 0 Å². The fourth-order valence-electron chi connectivity index (χ4n) is 3.86. The second-order valence-electron chi connectivity index (χ2n) is 7.54. The van der Waals surface area contributed by atoms with Crippen LogP contribution in [0.4, 0.5) is 0 Å². The number of hydrogen-bond acceptors (Lipinski definition) is 2. The maximum absolute atomic E-state index is 5.01. The van der Waals surface area contributed by atoms with Crippen LogP contribution in [0.15, 0.2) is 91.0 Å². The van der Waals surface area contributed by atoms with Crippen molar-refractivity contribution in [2.75, 3.05) is 0 Å². The Bertz CT molecular complexity index is 1300. The van der Waals surface area contributed by atoms with E-state index in [1.807, 2.05) is 18.2 Å². The van der Waals surface area contributed by atoms with Gasteiger partial charge in [0.25, 0.3) is 0 Å². The van der Waals surface area contributed by atoms with E-state index in [0.717, 1.165) is 46.3 Å². The van der Waals surface area contributed by atoms with E-state index in [4.69, 9.17) is 4.98 Å². The summed E-state index contributed by atoms with van der Waals surface area (Å²) in [4.78, 5) is 5.01. The molecule has 0 unspecified atom stereocenters. The van der Waals surface area contributed by atoms with Gasteiger partial charge in [0.2, 0.25) is 0 Å². The smallest absolute Gasteiger partial charge is 0.157 e. The summed E-state index contributed by atoms with van der Waals surface area (Å²) in [6, 6.07) is 31.3. The maximum atomic E-state index is 5.01. The lowest BCUT2D eigenvalue weighted by atomic mass is 10.1. The summed E-state index contributed by atoms with van der Waals surface area (Å²) in [5.74, 6) is 0. The molecule has 2 heterocycles. The van der Waals surface area contributed by atoms with Gasteiger partial charge in [-0.2, -0.15) is 0 Å². The highest BCUT2D eigenvalue weighted by Crippen LogP contribution is 2.18. The number of nitrogens with zero attached hydrogens (tertiary/aromatic N) is 2. The largest absolute Gasteiger partial charge is 0.354 e. The summed E-state index contributed by atoms with van der Waals surface area (Å²) in [5.41, 5.74) is 7.73. The third-order valence-corrected chi connectivity index (χ3v) is 5.43. The first-order valence-electron chi connectivity index (χ1n) is 10.2. The van der Waals surface area contributed by atoms with Gasteiger partial charge >= 0.3 is 0 Å². The lowest BCUT2D eigenvalue weighted by molar-refractivity contribution is 0.944. The molecular weight excluding hydrogens is 366 g/mol. The van der Waals surface area contributed by atoms with Gasteiger partial charge in [-0.3, -0.25) is 4.57 Å². The van der Waals surface area contributed by atoms with E-state index in [1.54, 1.807) is 0 Å². The van der Waals surface area contributed by atoms with Crippen molar-refractivity contribution in [1.82, 2.24) is 14.9 Å². The minimum absolute atomic E-state index is 0.771. The molecule has 0 amide bonds. The van der Waals surface area contributed by atoms with E-state index in [9.17, 15) is 0 Å². The van der Waals surface area contributed by atoms with Gasteiger partial charge in [-0.25, -0.2) is 4.98 Å². The minimum Gasteiger partial charge on any atom is -0.354 e. The van der Waals surface area contributed by atoms with Gasteiger partial charge in [0.1, 0.15) is 0 Å². The predicted molar refractivity (Wildman–Crippen MR) is 124 cm³/mol. The molecule has 5 rings (SSSR count). The molecule has 4 aromatic rings. The molecule has 0 saturated heterocycles. The van der Waals surface area contributed by atoms with Crippen molar-refractivity contribution in [2.45, 2.75) is 12.8 Å². The Hall–Kier alpha value is -3.85. The maximum Gasteiger partial charge on any atom is 0.157 e. The van der Waals surface area contributed by atoms with Crippen molar-refractivity contribution in [3.63, 3.8) is 0 Å². The van der Waals surface area contributed by atoms with E-state index in [1.165, 1.54) is 11.1 Å².